The zero-order chi connectivity index (χ0) is 25.2. The van der Waals surface area contributed by atoms with E-state index in [0.29, 0.717) is 6.54 Å². The van der Waals surface area contributed by atoms with Crippen LogP contribution in [0, 0.1) is 5.92 Å². The van der Waals surface area contributed by atoms with Crippen molar-refractivity contribution in [1.29, 1.82) is 0 Å². The molecule has 0 bridgehead atoms. The molecule has 0 aromatic heterocycles. The molecule has 1 aliphatic carbocycles. The molecular formula is C27H32N2O6. The molecule has 4 rings (SSSR count). The van der Waals surface area contributed by atoms with Gasteiger partial charge in [-0.1, -0.05) is 62.4 Å². The van der Waals surface area contributed by atoms with Gasteiger partial charge in [-0.2, -0.15) is 0 Å². The Morgan fingerprint density at radius 2 is 1.71 bits per heavy atom. The van der Waals surface area contributed by atoms with Gasteiger partial charge in [-0.25, -0.2) is 9.59 Å². The van der Waals surface area contributed by atoms with Gasteiger partial charge in [-0.05, 0) is 35.1 Å². The first-order valence-electron chi connectivity index (χ1n) is 12.0. The average molecular weight is 481 g/mol. The molecular weight excluding hydrogens is 448 g/mol. The average Bonchev–Trinajstić information content (AvgIpc) is 3.16. The summed E-state index contributed by atoms with van der Waals surface area (Å²) in [6, 6.07) is 15.8. The molecule has 35 heavy (non-hydrogen) atoms. The van der Waals surface area contributed by atoms with Crippen molar-refractivity contribution in [3.63, 3.8) is 0 Å². The summed E-state index contributed by atoms with van der Waals surface area (Å²) in [5.74, 6) is -1.40. The van der Waals surface area contributed by atoms with E-state index in [-0.39, 0.29) is 43.9 Å². The van der Waals surface area contributed by atoms with Gasteiger partial charge in [0.1, 0.15) is 6.61 Å². The van der Waals surface area contributed by atoms with Gasteiger partial charge in [-0.3, -0.25) is 4.79 Å². The Morgan fingerprint density at radius 3 is 2.29 bits per heavy atom. The third-order valence-corrected chi connectivity index (χ3v) is 6.93. The number of carboxylic acid groups (broad SMARTS) is 1. The van der Waals surface area contributed by atoms with Gasteiger partial charge in [0.15, 0.2) is 5.60 Å². The summed E-state index contributed by atoms with van der Waals surface area (Å²) < 4.78 is 11.0. The first-order chi connectivity index (χ1) is 16.7. The van der Waals surface area contributed by atoms with Crippen LogP contribution in [0.4, 0.5) is 4.79 Å². The highest BCUT2D eigenvalue weighted by Gasteiger charge is 2.41. The monoisotopic (exact) mass is 480 g/mol. The quantitative estimate of drug-likeness (QED) is 0.627. The number of carbonyl (C=O) groups is 3. The van der Waals surface area contributed by atoms with Crippen LogP contribution in [0.25, 0.3) is 11.1 Å². The van der Waals surface area contributed by atoms with E-state index in [4.69, 9.17) is 9.47 Å². The molecule has 1 heterocycles. The normalized spacial score (nSPS) is 20.2. The number of ether oxygens (including phenoxy) is 2. The topological polar surface area (TPSA) is 105 Å². The van der Waals surface area contributed by atoms with Crippen LogP contribution < -0.4 is 5.32 Å². The highest BCUT2D eigenvalue weighted by molar-refractivity contribution is 5.82. The van der Waals surface area contributed by atoms with E-state index >= 15 is 0 Å². The molecule has 1 aliphatic heterocycles. The molecule has 8 nitrogen and oxygen atoms in total. The summed E-state index contributed by atoms with van der Waals surface area (Å²) in [7, 11) is 0. The summed E-state index contributed by atoms with van der Waals surface area (Å²) in [5, 5.41) is 12.3. The largest absolute Gasteiger partial charge is 0.479 e. The molecule has 186 valence electrons. The lowest BCUT2D eigenvalue weighted by atomic mass is 9.98. The summed E-state index contributed by atoms with van der Waals surface area (Å²) in [5.41, 5.74) is 3.14. The lowest BCUT2D eigenvalue weighted by Gasteiger charge is -2.38. The Bertz CT molecular complexity index is 1070. The molecule has 2 N–H and O–H groups in total. The number of carboxylic acids is 1. The zero-order valence-corrected chi connectivity index (χ0v) is 20.3. The minimum atomic E-state index is -1.43. The van der Waals surface area contributed by atoms with Crippen molar-refractivity contribution < 1.29 is 29.0 Å². The van der Waals surface area contributed by atoms with Gasteiger partial charge >= 0.3 is 12.1 Å². The highest BCUT2D eigenvalue weighted by atomic mass is 16.5. The molecule has 1 saturated heterocycles. The van der Waals surface area contributed by atoms with Crippen molar-refractivity contribution >= 4 is 18.0 Å². The summed E-state index contributed by atoms with van der Waals surface area (Å²) in [6.45, 7) is 5.93. The molecule has 0 spiro atoms. The Labute approximate surface area is 205 Å². The maximum absolute atomic E-state index is 12.9. The molecule has 0 saturated carbocycles. The fourth-order valence-corrected chi connectivity index (χ4v) is 4.77. The van der Waals surface area contributed by atoms with Gasteiger partial charge in [0.2, 0.25) is 5.91 Å². The zero-order valence-electron chi connectivity index (χ0n) is 20.3. The Morgan fingerprint density at radius 1 is 1.11 bits per heavy atom. The highest BCUT2D eigenvalue weighted by Crippen LogP contribution is 2.44. The summed E-state index contributed by atoms with van der Waals surface area (Å²) >= 11 is 0. The number of alkyl carbamates (subject to hydrolysis) is 1. The fraction of sp³-hybridized carbons (Fsp3) is 0.444. The van der Waals surface area contributed by atoms with E-state index in [0.717, 1.165) is 22.3 Å². The molecule has 2 aromatic rings. The van der Waals surface area contributed by atoms with Gasteiger partial charge in [0.25, 0.3) is 0 Å². The Balaban J connectivity index is 1.37. The van der Waals surface area contributed by atoms with E-state index in [1.807, 2.05) is 38.1 Å². The minimum Gasteiger partial charge on any atom is -0.479 e. The molecule has 2 aliphatic rings. The lowest BCUT2D eigenvalue weighted by Crippen LogP contribution is -2.57. The summed E-state index contributed by atoms with van der Waals surface area (Å²) in [4.78, 5) is 38.7. The maximum atomic E-state index is 12.9. The Hall–Kier alpha value is -3.39. The van der Waals surface area contributed by atoms with Crippen LogP contribution in [0.1, 0.15) is 44.2 Å². The van der Waals surface area contributed by atoms with Crippen LogP contribution in [-0.4, -0.2) is 65.9 Å². The minimum absolute atomic E-state index is 0.0219. The lowest BCUT2D eigenvalue weighted by molar-refractivity contribution is -0.177. The predicted molar refractivity (Wildman–Crippen MR) is 130 cm³/mol. The van der Waals surface area contributed by atoms with Gasteiger partial charge in [-0.15, -0.1) is 0 Å². The van der Waals surface area contributed by atoms with Crippen molar-refractivity contribution in [2.45, 2.75) is 44.8 Å². The molecule has 2 aromatic carbocycles. The van der Waals surface area contributed by atoms with Gasteiger partial charge in [0.05, 0.1) is 13.2 Å². The van der Waals surface area contributed by atoms with Gasteiger partial charge in [0, 0.05) is 24.9 Å². The van der Waals surface area contributed by atoms with Crippen LogP contribution >= 0.6 is 0 Å². The first kappa shape index (κ1) is 24.7. The molecule has 1 unspecified atom stereocenters. The van der Waals surface area contributed by atoms with Crippen molar-refractivity contribution in [3.05, 3.63) is 59.7 Å². The number of aliphatic carboxylic acids is 1. The second-order valence-corrected chi connectivity index (χ2v) is 9.72. The predicted octanol–water partition coefficient (Wildman–Crippen LogP) is 3.64. The second-order valence-electron chi connectivity index (χ2n) is 9.72. The van der Waals surface area contributed by atoms with Crippen molar-refractivity contribution in [2.75, 3.05) is 26.3 Å². The number of hydrogen-bond donors (Lipinski definition) is 2. The van der Waals surface area contributed by atoms with Gasteiger partial charge < -0.3 is 24.8 Å². The third kappa shape index (κ3) is 5.17. The van der Waals surface area contributed by atoms with E-state index in [1.165, 1.54) is 11.8 Å². The molecule has 0 radical (unpaired) electrons. The van der Waals surface area contributed by atoms with Crippen LogP contribution in [0.3, 0.4) is 0 Å². The van der Waals surface area contributed by atoms with E-state index in [9.17, 15) is 19.5 Å². The van der Waals surface area contributed by atoms with Crippen molar-refractivity contribution in [1.82, 2.24) is 10.2 Å². The third-order valence-electron chi connectivity index (χ3n) is 6.93. The van der Waals surface area contributed by atoms with Crippen molar-refractivity contribution in [2.24, 2.45) is 5.92 Å². The molecule has 2 amide bonds. The standard InChI is InChI=1S/C27H32N2O6/c1-17(2)23(14-24(30)29-12-13-35-27(3,16-29)25(31)32)28-26(33)34-15-22-20-10-6-4-8-18(20)19-9-5-7-11-21(19)22/h4-11,17,22-23H,12-16H2,1-3H3,(H,28,33)(H,31,32)/t23-,27?/m0/s1. The fourth-order valence-electron chi connectivity index (χ4n) is 4.77. The van der Waals surface area contributed by atoms with Crippen molar-refractivity contribution in [3.8, 4) is 11.1 Å². The number of carbonyl (C=O) groups excluding carboxylic acids is 2. The molecule has 8 heteroatoms. The number of amides is 2. The SMILES string of the molecule is CC(C)[C@H](CC(=O)N1CCOC(C)(C(=O)O)C1)NC(=O)OCC1c2ccccc2-c2ccccc21. The first-order valence-corrected chi connectivity index (χ1v) is 12.0. The number of benzene rings is 2. The van der Waals surface area contributed by atoms with Crippen LogP contribution in [0.5, 0.6) is 0 Å². The van der Waals surface area contributed by atoms with E-state index < -0.39 is 23.7 Å². The number of rotatable bonds is 7. The summed E-state index contributed by atoms with van der Waals surface area (Å²) in [6.07, 6.45) is -0.520. The number of hydrogen-bond acceptors (Lipinski definition) is 5. The maximum Gasteiger partial charge on any atom is 0.407 e. The van der Waals surface area contributed by atoms with Crippen LogP contribution in [0.15, 0.2) is 48.5 Å². The molecule has 2 atom stereocenters. The van der Waals surface area contributed by atoms with E-state index in [2.05, 4.69) is 29.6 Å². The van der Waals surface area contributed by atoms with Crippen LogP contribution in [-0.2, 0) is 19.1 Å². The smallest absolute Gasteiger partial charge is 0.407 e. The number of morpholine rings is 1. The Kier molecular flexibility index (Phi) is 7.12. The number of fused-ring (bicyclic) bond motifs is 3. The molecule has 1 fully saturated rings. The van der Waals surface area contributed by atoms with E-state index in [1.54, 1.807) is 0 Å². The second kappa shape index (κ2) is 10.1. The number of nitrogens with one attached hydrogen (secondary N) is 1. The number of nitrogens with zero attached hydrogens (tertiary/aromatic N) is 1. The van der Waals surface area contributed by atoms with Crippen LogP contribution in [0.2, 0.25) is 0 Å².